The first-order valence-corrected chi connectivity index (χ1v) is 37.9. The van der Waals surface area contributed by atoms with Crippen LogP contribution in [0.15, 0.2) is 48.6 Å². The second-order valence-electron chi connectivity index (χ2n) is 26.3. The molecular weight excluding hydrogens is 1040 g/mol. The van der Waals surface area contributed by atoms with Gasteiger partial charge in [0.15, 0.2) is 0 Å². The molecule has 8 nitrogen and oxygen atoms in total. The number of hydrogen-bond donors (Lipinski definition) is 2. The molecule has 0 aromatic heterocycles. The molecule has 3 unspecified atom stereocenters. The summed E-state index contributed by atoms with van der Waals surface area (Å²) in [7, 11) is 1.32. The summed E-state index contributed by atoms with van der Waals surface area (Å²) in [5, 5.41) is 14.1. The topological polar surface area (TPSA) is 108 Å². The van der Waals surface area contributed by atoms with Crippen LogP contribution in [0.3, 0.4) is 0 Å². The summed E-state index contributed by atoms with van der Waals surface area (Å²) in [5.41, 5.74) is 0. The summed E-state index contributed by atoms with van der Waals surface area (Å²) >= 11 is 0. The van der Waals surface area contributed by atoms with Crippen molar-refractivity contribution in [3.8, 4) is 0 Å². The maximum absolute atomic E-state index is 13.1. The van der Waals surface area contributed by atoms with Gasteiger partial charge in [0, 0.05) is 6.42 Å². The van der Waals surface area contributed by atoms with Crippen LogP contribution in [0.5, 0.6) is 0 Å². The fourth-order valence-corrected chi connectivity index (χ4v) is 11.9. The first-order chi connectivity index (χ1) is 40.5. The highest BCUT2D eigenvalue weighted by Crippen LogP contribution is 2.38. The number of carbonyl (C=O) groups is 1. The lowest BCUT2D eigenvalue weighted by atomic mass is 10.0. The molecule has 0 aliphatic carbocycles. The lowest BCUT2D eigenvalue weighted by molar-refractivity contribution is -0.870. The number of allylic oxidation sites excluding steroid dienone is 8. The van der Waals surface area contributed by atoms with Crippen molar-refractivity contribution >= 4 is 13.7 Å². The SMILES string of the molecule is CC/C=C\C/C=C\C/C=C\C/C=C\CCCCCCCCCCCCCCCCCCCCC(=O)NC(COP(=O)([O-])OCC[N+](C)(C)C)C(O)CCCCCCCCCCCCCCCCCCCCCCCCCCCCCCCC. The lowest BCUT2D eigenvalue weighted by Gasteiger charge is -2.30. The van der Waals surface area contributed by atoms with Gasteiger partial charge in [-0.05, 0) is 51.4 Å². The zero-order valence-corrected chi connectivity index (χ0v) is 57.1. The maximum atomic E-state index is 13.1. The summed E-state index contributed by atoms with van der Waals surface area (Å²) in [5.74, 6) is -0.158. The molecule has 490 valence electrons. The molecule has 0 bridgehead atoms. The predicted octanol–water partition coefficient (Wildman–Crippen LogP) is 22.8. The van der Waals surface area contributed by atoms with Crippen LogP contribution in [0.1, 0.15) is 367 Å². The second-order valence-corrected chi connectivity index (χ2v) is 27.7. The van der Waals surface area contributed by atoms with E-state index in [2.05, 4.69) is 67.8 Å². The number of aliphatic hydroxyl groups excluding tert-OH is 1. The minimum absolute atomic E-state index is 0.0135. The third kappa shape index (κ3) is 67.8. The van der Waals surface area contributed by atoms with Gasteiger partial charge in [-0.15, -0.1) is 0 Å². The molecule has 0 saturated carbocycles. The van der Waals surface area contributed by atoms with Crippen LogP contribution in [0.25, 0.3) is 0 Å². The van der Waals surface area contributed by atoms with Gasteiger partial charge in [-0.1, -0.05) is 358 Å². The number of quaternary nitrogens is 1. The predicted molar refractivity (Wildman–Crippen MR) is 362 cm³/mol. The molecule has 0 aliphatic rings. The number of nitrogens with one attached hydrogen (secondary N) is 1. The van der Waals surface area contributed by atoms with Gasteiger partial charge in [0.05, 0.1) is 39.9 Å². The van der Waals surface area contributed by atoms with Gasteiger partial charge in [0.2, 0.25) is 5.91 Å². The number of phosphoric acid groups is 1. The molecule has 0 aromatic rings. The van der Waals surface area contributed by atoms with Crippen LogP contribution < -0.4 is 10.2 Å². The molecule has 0 radical (unpaired) electrons. The number of aliphatic hydroxyl groups is 1. The van der Waals surface area contributed by atoms with E-state index in [0.717, 1.165) is 64.2 Å². The van der Waals surface area contributed by atoms with Crippen LogP contribution >= 0.6 is 7.82 Å². The third-order valence-electron chi connectivity index (χ3n) is 16.8. The average molecular weight is 1190 g/mol. The van der Waals surface area contributed by atoms with Gasteiger partial charge in [-0.3, -0.25) is 9.36 Å². The minimum atomic E-state index is -4.58. The Morgan fingerprint density at radius 3 is 1.07 bits per heavy atom. The van der Waals surface area contributed by atoms with Gasteiger partial charge < -0.3 is 28.8 Å². The van der Waals surface area contributed by atoms with Gasteiger partial charge in [-0.25, -0.2) is 0 Å². The molecule has 0 saturated heterocycles. The van der Waals surface area contributed by atoms with Crippen molar-refractivity contribution in [1.82, 2.24) is 5.32 Å². The van der Waals surface area contributed by atoms with Crippen LogP contribution in [0.2, 0.25) is 0 Å². The largest absolute Gasteiger partial charge is 0.756 e. The van der Waals surface area contributed by atoms with E-state index < -0.39 is 20.0 Å². The number of likely N-dealkylation sites (N-methyl/N-ethyl adjacent to an activating group) is 1. The summed E-state index contributed by atoms with van der Waals surface area (Å²) in [6.45, 7) is 4.67. The fourth-order valence-electron chi connectivity index (χ4n) is 11.2. The second kappa shape index (κ2) is 64.9. The van der Waals surface area contributed by atoms with E-state index in [4.69, 9.17) is 9.05 Å². The number of hydrogen-bond acceptors (Lipinski definition) is 6. The van der Waals surface area contributed by atoms with Crippen molar-refractivity contribution < 1.29 is 32.9 Å². The molecule has 0 fully saturated rings. The molecule has 83 heavy (non-hydrogen) atoms. The Morgan fingerprint density at radius 1 is 0.434 bits per heavy atom. The fraction of sp³-hybridized carbons (Fsp3) is 0.878. The van der Waals surface area contributed by atoms with Crippen LogP contribution in [-0.4, -0.2) is 68.5 Å². The summed E-state index contributed by atoms with van der Waals surface area (Å²) < 4.78 is 23.6. The normalized spacial score (nSPS) is 13.9. The number of carbonyl (C=O) groups excluding carboxylic acids is 1. The van der Waals surface area contributed by atoms with Crippen molar-refractivity contribution in [2.45, 2.75) is 379 Å². The van der Waals surface area contributed by atoms with E-state index in [1.807, 2.05) is 21.1 Å². The van der Waals surface area contributed by atoms with E-state index >= 15 is 0 Å². The smallest absolute Gasteiger partial charge is 0.268 e. The van der Waals surface area contributed by atoms with Crippen LogP contribution in [-0.2, 0) is 18.4 Å². The summed E-state index contributed by atoms with van der Waals surface area (Å²) in [6, 6.07) is -0.802. The Kier molecular flexibility index (Phi) is 63.7. The van der Waals surface area contributed by atoms with Crippen molar-refractivity contribution in [1.29, 1.82) is 0 Å². The van der Waals surface area contributed by atoms with E-state index in [9.17, 15) is 19.4 Å². The molecule has 0 aromatic carbocycles. The Labute approximate surface area is 518 Å². The standard InChI is InChI=1S/C74H143N2O6P/c1-6-8-10-12-14-16-18-20-22-24-26-28-30-32-34-36-38-40-42-44-46-48-50-52-54-56-58-60-62-64-66-68-74(78)75-72(71-82-83(79,80)81-70-69-76(3,4)5)73(77)67-65-63-61-59-57-55-53-51-49-47-45-43-41-39-37-35-33-31-29-27-25-23-21-19-17-15-13-11-9-7-2/h8,10,14,16,20,22,26,28,72-73,77H,6-7,9,11-13,15,17-19,21,23-25,27,29-71H2,1-5H3,(H-,75,78,79,80)/b10-8-,16-14-,22-20-,28-26-. The monoisotopic (exact) mass is 1190 g/mol. The highest BCUT2D eigenvalue weighted by molar-refractivity contribution is 7.45. The number of unbranched alkanes of at least 4 members (excludes halogenated alkanes) is 47. The molecule has 1 amide bonds. The highest BCUT2D eigenvalue weighted by Gasteiger charge is 2.24. The van der Waals surface area contributed by atoms with E-state index in [1.54, 1.807) is 0 Å². The number of rotatable bonds is 68. The molecular formula is C74H143N2O6P. The van der Waals surface area contributed by atoms with Crippen molar-refractivity contribution in [3.05, 3.63) is 48.6 Å². The first-order valence-electron chi connectivity index (χ1n) is 36.5. The first kappa shape index (κ1) is 81.5. The van der Waals surface area contributed by atoms with Gasteiger partial charge in [0.25, 0.3) is 7.82 Å². The quantitative estimate of drug-likeness (QED) is 0.0272. The molecule has 0 heterocycles. The van der Waals surface area contributed by atoms with E-state index in [-0.39, 0.29) is 19.1 Å². The third-order valence-corrected chi connectivity index (χ3v) is 17.8. The number of amides is 1. The van der Waals surface area contributed by atoms with Gasteiger partial charge >= 0.3 is 0 Å². The number of phosphoric ester groups is 1. The molecule has 0 spiro atoms. The Hall–Kier alpha value is -1.54. The highest BCUT2D eigenvalue weighted by atomic mass is 31.2. The molecule has 0 rings (SSSR count). The maximum Gasteiger partial charge on any atom is 0.268 e. The summed E-state index contributed by atoms with van der Waals surface area (Å²) in [6.07, 6.45) is 87.7. The molecule has 3 atom stereocenters. The Morgan fingerprint density at radius 2 is 0.735 bits per heavy atom. The minimum Gasteiger partial charge on any atom is -0.756 e. The van der Waals surface area contributed by atoms with Gasteiger partial charge in [-0.2, -0.15) is 0 Å². The number of nitrogens with zero attached hydrogens (tertiary/aromatic N) is 1. The zero-order valence-electron chi connectivity index (χ0n) is 56.2. The van der Waals surface area contributed by atoms with Gasteiger partial charge in [0.1, 0.15) is 13.2 Å². The Balaban J connectivity index is 3.98. The van der Waals surface area contributed by atoms with E-state index in [1.165, 1.54) is 276 Å². The summed E-state index contributed by atoms with van der Waals surface area (Å²) in [4.78, 5) is 25.7. The lowest BCUT2D eigenvalue weighted by Crippen LogP contribution is -2.46. The van der Waals surface area contributed by atoms with Crippen molar-refractivity contribution in [3.63, 3.8) is 0 Å². The van der Waals surface area contributed by atoms with E-state index in [0.29, 0.717) is 23.9 Å². The van der Waals surface area contributed by atoms with Crippen LogP contribution in [0, 0.1) is 0 Å². The van der Waals surface area contributed by atoms with Crippen LogP contribution in [0.4, 0.5) is 0 Å². The molecule has 0 aliphatic heterocycles. The molecule has 9 heteroatoms. The Bertz CT molecular complexity index is 1490. The zero-order chi connectivity index (χ0) is 60.5. The van der Waals surface area contributed by atoms with Crippen molar-refractivity contribution in [2.24, 2.45) is 0 Å². The van der Waals surface area contributed by atoms with Crippen molar-refractivity contribution in [2.75, 3.05) is 40.9 Å². The average Bonchev–Trinajstić information content (AvgIpc) is 3.49. The molecule has 2 N–H and O–H groups in total.